The molecule has 0 aliphatic carbocycles. The maximum Gasteiger partial charge on any atom is 0.306 e. The Morgan fingerprint density at radius 2 is 0.812 bits per heavy atom. The molecular formula is C70H123N2O7P. The third-order valence-corrected chi connectivity index (χ3v) is 14.9. The summed E-state index contributed by atoms with van der Waals surface area (Å²) in [7, 11) is 1.13. The summed E-state index contributed by atoms with van der Waals surface area (Å²) in [5, 5.41) is 2.98. The molecule has 0 aromatic heterocycles. The maximum atomic E-state index is 13.5. The molecule has 3 atom stereocenters. The number of allylic oxidation sites excluding steroid dienone is 17. The number of hydrogen-bond acceptors (Lipinski definition) is 7. The zero-order chi connectivity index (χ0) is 58.6. The van der Waals surface area contributed by atoms with Gasteiger partial charge in [0, 0.05) is 12.8 Å². The van der Waals surface area contributed by atoms with Gasteiger partial charge in [0.2, 0.25) is 5.91 Å². The van der Waals surface area contributed by atoms with Crippen LogP contribution in [0.15, 0.2) is 109 Å². The fourth-order valence-corrected chi connectivity index (χ4v) is 9.65. The standard InChI is InChI=1S/C70H123N2O7P/c1-7-10-13-16-19-22-25-28-30-32-33-34-35-36-37-38-39-40-42-45-48-51-54-57-60-63-70(74)79-68(61-58-55-52-49-46-43-27-24-21-18-15-12-9-3)67(66-78-80(75,76)77-65-64-72(4,5)6)71-69(73)62-59-56-53-50-47-44-41-31-29-26-23-20-17-14-11-8-2/h11,14,19-20,22-23,28-31,33-34,44,47,53,56,58,61,67-68H,7-10,12-13,15-18,21,24-27,32,35-43,45-46,48-52,54-55,57,59-60,62-66H2,1-6H3,(H-,71,73,75,76)/b14-11+,22-19-,23-20+,30-28-,31-29+,34-33-,47-44+,56-53+,61-58-. The lowest BCUT2D eigenvalue weighted by atomic mass is 10.0. The van der Waals surface area contributed by atoms with Gasteiger partial charge in [-0.1, -0.05) is 265 Å². The molecule has 0 saturated heterocycles. The Kier molecular flexibility index (Phi) is 56.4. The highest BCUT2D eigenvalue weighted by Crippen LogP contribution is 2.38. The van der Waals surface area contributed by atoms with Crippen molar-refractivity contribution in [3.63, 3.8) is 0 Å². The van der Waals surface area contributed by atoms with Crippen LogP contribution in [0.3, 0.4) is 0 Å². The Bertz CT molecular complexity index is 1740. The van der Waals surface area contributed by atoms with E-state index in [1.165, 1.54) is 141 Å². The van der Waals surface area contributed by atoms with Gasteiger partial charge in [0.1, 0.15) is 19.3 Å². The summed E-state index contributed by atoms with van der Waals surface area (Å²) in [4.78, 5) is 40.0. The van der Waals surface area contributed by atoms with Crippen molar-refractivity contribution in [2.75, 3.05) is 40.9 Å². The minimum Gasteiger partial charge on any atom is -0.756 e. The Labute approximate surface area is 493 Å². The molecular weight excluding hydrogens is 1010 g/mol. The highest BCUT2D eigenvalue weighted by atomic mass is 31.2. The lowest BCUT2D eigenvalue weighted by molar-refractivity contribution is -0.870. The number of carbonyl (C=O) groups excluding carboxylic acids is 2. The van der Waals surface area contributed by atoms with Gasteiger partial charge in [-0.2, -0.15) is 0 Å². The molecule has 0 heterocycles. The second-order valence-electron chi connectivity index (χ2n) is 22.9. The van der Waals surface area contributed by atoms with E-state index >= 15 is 0 Å². The lowest BCUT2D eigenvalue weighted by Gasteiger charge is -2.30. The summed E-state index contributed by atoms with van der Waals surface area (Å²) >= 11 is 0. The zero-order valence-electron chi connectivity index (χ0n) is 52.5. The van der Waals surface area contributed by atoms with Crippen LogP contribution in [0, 0.1) is 0 Å². The quantitative estimate of drug-likeness (QED) is 0.0212. The predicted molar refractivity (Wildman–Crippen MR) is 344 cm³/mol. The van der Waals surface area contributed by atoms with Gasteiger partial charge in [0.25, 0.3) is 7.82 Å². The highest BCUT2D eigenvalue weighted by molar-refractivity contribution is 7.45. The van der Waals surface area contributed by atoms with Gasteiger partial charge in [-0.15, -0.1) is 0 Å². The minimum atomic E-state index is -4.73. The van der Waals surface area contributed by atoms with Gasteiger partial charge in [0.05, 0.1) is 33.8 Å². The summed E-state index contributed by atoms with van der Waals surface area (Å²) in [6.45, 7) is 6.65. The smallest absolute Gasteiger partial charge is 0.306 e. The molecule has 9 nitrogen and oxygen atoms in total. The number of nitrogens with one attached hydrogen (secondary N) is 1. The van der Waals surface area contributed by atoms with Gasteiger partial charge >= 0.3 is 5.97 Å². The molecule has 0 spiro atoms. The van der Waals surface area contributed by atoms with Crippen molar-refractivity contribution in [1.82, 2.24) is 5.32 Å². The van der Waals surface area contributed by atoms with Gasteiger partial charge in [-0.3, -0.25) is 14.2 Å². The van der Waals surface area contributed by atoms with E-state index in [-0.39, 0.29) is 31.3 Å². The van der Waals surface area contributed by atoms with Crippen molar-refractivity contribution in [2.24, 2.45) is 0 Å². The number of nitrogens with zero attached hydrogens (tertiary/aromatic N) is 1. The molecule has 3 unspecified atom stereocenters. The normalized spacial score (nSPS) is 14.3. The van der Waals surface area contributed by atoms with Gasteiger partial charge in [0.15, 0.2) is 0 Å². The number of unbranched alkanes of at least 4 members (excludes halogenated alkanes) is 26. The molecule has 0 saturated carbocycles. The molecule has 1 amide bonds. The van der Waals surface area contributed by atoms with E-state index in [1.54, 1.807) is 0 Å². The lowest BCUT2D eigenvalue weighted by Crippen LogP contribution is -2.47. The number of hydrogen-bond donors (Lipinski definition) is 1. The predicted octanol–water partition coefficient (Wildman–Crippen LogP) is 19.9. The Morgan fingerprint density at radius 1 is 0.450 bits per heavy atom. The van der Waals surface area contributed by atoms with Crippen molar-refractivity contribution >= 4 is 19.7 Å². The zero-order valence-corrected chi connectivity index (χ0v) is 53.4. The maximum absolute atomic E-state index is 13.5. The fourth-order valence-electron chi connectivity index (χ4n) is 8.93. The van der Waals surface area contributed by atoms with Gasteiger partial charge in [-0.25, -0.2) is 0 Å². The van der Waals surface area contributed by atoms with Crippen molar-refractivity contribution in [1.29, 1.82) is 0 Å². The molecule has 80 heavy (non-hydrogen) atoms. The van der Waals surface area contributed by atoms with Crippen LogP contribution < -0.4 is 10.2 Å². The molecule has 10 heteroatoms. The van der Waals surface area contributed by atoms with Crippen molar-refractivity contribution < 1.29 is 37.3 Å². The Hall–Kier alpha value is -3.33. The summed E-state index contributed by atoms with van der Waals surface area (Å²) < 4.78 is 30.3. The Balaban J connectivity index is 5.24. The minimum absolute atomic E-state index is 0.0403. The SMILES string of the molecule is CC/C=C/C/C=C/C/C=C/C/C=C/C/C=C/CCC(=O)NC(COP(=O)([O-])OCC[N+](C)(C)C)C(/C=C\CCCCCCCCCCCCC)OC(=O)CCCCCCCCCCCCCC/C=C\C/C=C\C/C=C\CCCCC. The number of phosphoric ester groups is 1. The van der Waals surface area contributed by atoms with Crippen LogP contribution in [0.2, 0.25) is 0 Å². The van der Waals surface area contributed by atoms with E-state index in [0.717, 1.165) is 83.5 Å². The highest BCUT2D eigenvalue weighted by Gasteiger charge is 2.27. The second-order valence-corrected chi connectivity index (χ2v) is 24.3. The number of phosphoric acid groups is 1. The number of rotatable bonds is 58. The summed E-state index contributed by atoms with van der Waals surface area (Å²) in [5.41, 5.74) is 0. The van der Waals surface area contributed by atoms with Gasteiger partial charge < -0.3 is 28.5 Å². The average molecular weight is 1140 g/mol. The number of carbonyl (C=O) groups is 2. The first-order valence-corrected chi connectivity index (χ1v) is 34.2. The molecule has 0 rings (SSSR count). The topological polar surface area (TPSA) is 114 Å². The van der Waals surface area contributed by atoms with Crippen molar-refractivity contribution in [3.05, 3.63) is 109 Å². The second kappa shape index (κ2) is 58.9. The van der Waals surface area contributed by atoms with E-state index in [1.807, 2.05) is 45.4 Å². The molecule has 0 aromatic rings. The van der Waals surface area contributed by atoms with E-state index in [9.17, 15) is 19.0 Å². The van der Waals surface area contributed by atoms with Crippen LogP contribution in [0.4, 0.5) is 0 Å². The average Bonchev–Trinajstić information content (AvgIpc) is 3.42. The monoisotopic (exact) mass is 1130 g/mol. The number of likely N-dealkylation sites (N-methyl/N-ethyl adjacent to an activating group) is 1. The van der Waals surface area contributed by atoms with Crippen LogP contribution in [0.1, 0.15) is 271 Å². The number of ether oxygens (including phenoxy) is 1. The van der Waals surface area contributed by atoms with Crippen molar-refractivity contribution in [3.8, 4) is 0 Å². The van der Waals surface area contributed by atoms with Crippen LogP contribution in [-0.4, -0.2) is 69.4 Å². The van der Waals surface area contributed by atoms with Crippen LogP contribution in [0.25, 0.3) is 0 Å². The number of esters is 1. The fraction of sp³-hybridized carbons (Fsp3) is 0.714. The number of quaternary nitrogens is 1. The first-order chi connectivity index (χ1) is 38.9. The Morgan fingerprint density at radius 3 is 1.25 bits per heavy atom. The third-order valence-electron chi connectivity index (χ3n) is 14.0. The van der Waals surface area contributed by atoms with Crippen LogP contribution in [0.5, 0.6) is 0 Å². The first-order valence-electron chi connectivity index (χ1n) is 32.7. The molecule has 0 aliphatic heterocycles. The summed E-state index contributed by atoms with van der Waals surface area (Å²) in [6.07, 6.45) is 80.8. The molecule has 1 N–H and O–H groups in total. The van der Waals surface area contributed by atoms with Crippen molar-refractivity contribution in [2.45, 2.75) is 283 Å². The van der Waals surface area contributed by atoms with E-state index in [4.69, 9.17) is 13.8 Å². The first kappa shape index (κ1) is 76.7. The van der Waals surface area contributed by atoms with Gasteiger partial charge in [-0.05, 0) is 102 Å². The van der Waals surface area contributed by atoms with E-state index < -0.39 is 26.6 Å². The molecule has 460 valence electrons. The van der Waals surface area contributed by atoms with E-state index in [0.29, 0.717) is 23.9 Å². The summed E-state index contributed by atoms with van der Waals surface area (Å²) in [6, 6.07) is -0.935. The molecule has 0 aliphatic rings. The molecule has 0 aromatic carbocycles. The van der Waals surface area contributed by atoms with E-state index in [2.05, 4.69) is 111 Å². The third kappa shape index (κ3) is 59.3. The molecule has 0 fully saturated rings. The largest absolute Gasteiger partial charge is 0.756 e. The molecule has 0 bridgehead atoms. The molecule has 0 radical (unpaired) electrons. The van der Waals surface area contributed by atoms with Crippen LogP contribution >= 0.6 is 7.82 Å². The number of amides is 1. The summed E-state index contributed by atoms with van der Waals surface area (Å²) in [5.74, 6) is -0.641. The van der Waals surface area contributed by atoms with Crippen LogP contribution in [-0.2, 0) is 27.9 Å².